The fourth-order valence-corrected chi connectivity index (χ4v) is 10.4. The lowest BCUT2D eigenvalue weighted by atomic mass is 10.1. The first-order valence-corrected chi connectivity index (χ1v) is 40.0. The molecule has 5 atom stereocenters. The third-order valence-corrected chi connectivity index (χ3v) is 16.3. The third-order valence-electron chi connectivity index (χ3n) is 14.4. The molecule has 0 aromatic heterocycles. The predicted octanol–water partition coefficient (Wildman–Crippen LogP) is 21.2. The van der Waals surface area contributed by atoms with Gasteiger partial charge in [-0.05, 0) is 154 Å². The van der Waals surface area contributed by atoms with Crippen molar-refractivity contribution in [2.24, 2.45) is 0 Å². The minimum atomic E-state index is -5.01. The quantitative estimate of drug-likeness (QED) is 0.0169. The number of esters is 4. The number of aliphatic hydroxyl groups excluding tert-OH is 1. The van der Waals surface area contributed by atoms with Crippen molar-refractivity contribution in [1.82, 2.24) is 0 Å². The first-order chi connectivity index (χ1) is 48.7. The summed E-state index contributed by atoms with van der Waals surface area (Å²) in [6, 6.07) is 0. The normalized spacial score (nSPS) is 15.0. The summed E-state index contributed by atoms with van der Waals surface area (Å²) >= 11 is 0. The van der Waals surface area contributed by atoms with Crippen molar-refractivity contribution >= 4 is 39.5 Å². The van der Waals surface area contributed by atoms with Gasteiger partial charge in [0.1, 0.15) is 19.3 Å². The number of allylic oxidation sites excluding steroid dienone is 29. The van der Waals surface area contributed by atoms with Crippen LogP contribution in [0.1, 0.15) is 246 Å². The van der Waals surface area contributed by atoms with E-state index in [-0.39, 0.29) is 25.7 Å². The molecular formula is C81H128O17P2. The Morgan fingerprint density at radius 3 is 0.950 bits per heavy atom. The van der Waals surface area contributed by atoms with Crippen molar-refractivity contribution in [2.45, 2.75) is 264 Å². The second-order valence-electron chi connectivity index (χ2n) is 23.8. The molecule has 0 aliphatic heterocycles. The molecule has 564 valence electrons. The number of unbranched alkanes of at least 4 members (excludes halogenated alkanes) is 12. The number of phosphoric ester groups is 2. The van der Waals surface area contributed by atoms with Crippen molar-refractivity contribution < 1.29 is 80.2 Å². The summed E-state index contributed by atoms with van der Waals surface area (Å²) < 4.78 is 68.2. The minimum absolute atomic E-state index is 0.0207. The smallest absolute Gasteiger partial charge is 0.462 e. The maximum atomic E-state index is 13.1. The highest BCUT2D eigenvalue weighted by atomic mass is 31.2. The summed E-state index contributed by atoms with van der Waals surface area (Å²) in [5.41, 5.74) is 0. The topological polar surface area (TPSA) is 237 Å². The van der Waals surface area contributed by atoms with Gasteiger partial charge in [-0.25, -0.2) is 9.13 Å². The van der Waals surface area contributed by atoms with Crippen LogP contribution in [-0.2, 0) is 65.4 Å². The zero-order valence-corrected chi connectivity index (χ0v) is 63.1. The molecular weight excluding hydrogens is 1310 g/mol. The third kappa shape index (κ3) is 70.6. The number of phosphoric acid groups is 2. The number of carbonyl (C=O) groups is 4. The molecule has 3 N–H and O–H groups in total. The van der Waals surface area contributed by atoms with Crippen molar-refractivity contribution in [1.29, 1.82) is 0 Å². The van der Waals surface area contributed by atoms with Crippen LogP contribution in [0.15, 0.2) is 182 Å². The molecule has 19 heteroatoms. The minimum Gasteiger partial charge on any atom is -0.462 e. The maximum Gasteiger partial charge on any atom is 0.472 e. The number of ether oxygens (including phenoxy) is 4. The van der Waals surface area contributed by atoms with Crippen molar-refractivity contribution in [2.75, 3.05) is 39.6 Å². The average Bonchev–Trinajstić information content (AvgIpc) is 1.06. The molecule has 100 heavy (non-hydrogen) atoms. The summed E-state index contributed by atoms with van der Waals surface area (Å²) in [4.78, 5) is 72.7. The van der Waals surface area contributed by atoms with Crippen LogP contribution in [-0.4, -0.2) is 96.7 Å². The van der Waals surface area contributed by atoms with E-state index in [0.717, 1.165) is 128 Å². The van der Waals surface area contributed by atoms with Crippen LogP contribution < -0.4 is 0 Å². The summed E-state index contributed by atoms with van der Waals surface area (Å²) in [6.07, 6.45) is 85.1. The largest absolute Gasteiger partial charge is 0.472 e. The van der Waals surface area contributed by atoms with Crippen LogP contribution in [0.5, 0.6) is 0 Å². The Morgan fingerprint density at radius 1 is 0.300 bits per heavy atom. The Hall–Kier alpha value is -5.84. The van der Waals surface area contributed by atoms with Crippen LogP contribution in [0.4, 0.5) is 0 Å². The molecule has 0 aromatic carbocycles. The highest BCUT2D eigenvalue weighted by Gasteiger charge is 2.30. The van der Waals surface area contributed by atoms with E-state index in [0.29, 0.717) is 38.5 Å². The molecule has 0 aliphatic rings. The summed E-state index contributed by atoms with van der Waals surface area (Å²) in [6.45, 7) is 4.22. The zero-order chi connectivity index (χ0) is 73.2. The van der Waals surface area contributed by atoms with Gasteiger partial charge in [0.05, 0.1) is 32.8 Å². The van der Waals surface area contributed by atoms with E-state index in [1.165, 1.54) is 25.7 Å². The molecule has 5 unspecified atom stereocenters. The lowest BCUT2D eigenvalue weighted by Gasteiger charge is -2.21. The van der Waals surface area contributed by atoms with E-state index >= 15 is 0 Å². The van der Waals surface area contributed by atoms with E-state index in [1.54, 1.807) is 6.08 Å². The van der Waals surface area contributed by atoms with Gasteiger partial charge in [0.2, 0.25) is 0 Å². The number of hydrogen-bond donors (Lipinski definition) is 3. The maximum absolute atomic E-state index is 13.1. The highest BCUT2D eigenvalue weighted by Crippen LogP contribution is 2.45. The van der Waals surface area contributed by atoms with Gasteiger partial charge in [0.25, 0.3) is 0 Å². The van der Waals surface area contributed by atoms with Crippen LogP contribution in [0.2, 0.25) is 0 Å². The SMILES string of the molecule is CC/C=C\C/C=C\C/C=C\C/C=C\C/C=C\CCCC(=O)OCC(COP(=O)(O)OCC(O)COP(=O)(O)OCC(COC(=O)C/C=C\C/C=C\C/C=C\C/C=C\C/C=C\CC)OC(=O)CCCCCCC/C=C\CCCCCC)OC(=O)CCCC/C=C\C/C=C\C/C=C\C/C=C\CC. The first kappa shape index (κ1) is 94.2. The predicted molar refractivity (Wildman–Crippen MR) is 408 cm³/mol. The Balaban J connectivity index is 5.53. The van der Waals surface area contributed by atoms with E-state index in [4.69, 9.17) is 37.0 Å². The van der Waals surface area contributed by atoms with Gasteiger partial charge in [0.15, 0.2) is 12.2 Å². The van der Waals surface area contributed by atoms with Gasteiger partial charge in [-0.2, -0.15) is 0 Å². The van der Waals surface area contributed by atoms with Crippen LogP contribution in [0.3, 0.4) is 0 Å². The molecule has 0 saturated heterocycles. The van der Waals surface area contributed by atoms with Crippen LogP contribution in [0.25, 0.3) is 0 Å². The summed E-state index contributed by atoms with van der Waals surface area (Å²) in [7, 11) is -10.0. The second-order valence-corrected chi connectivity index (χ2v) is 26.7. The molecule has 0 saturated carbocycles. The van der Waals surface area contributed by atoms with Crippen LogP contribution >= 0.6 is 15.6 Å². The van der Waals surface area contributed by atoms with E-state index < -0.39 is 97.5 Å². The fourth-order valence-electron chi connectivity index (χ4n) is 8.84. The molecule has 0 heterocycles. The first-order valence-electron chi connectivity index (χ1n) is 37.0. The number of hydrogen-bond acceptors (Lipinski definition) is 15. The molecule has 0 bridgehead atoms. The Labute approximate surface area is 603 Å². The average molecular weight is 1440 g/mol. The van der Waals surface area contributed by atoms with Gasteiger partial charge < -0.3 is 33.8 Å². The lowest BCUT2D eigenvalue weighted by Crippen LogP contribution is -2.30. The van der Waals surface area contributed by atoms with Gasteiger partial charge >= 0.3 is 39.5 Å². The van der Waals surface area contributed by atoms with Crippen LogP contribution in [0, 0.1) is 0 Å². The van der Waals surface area contributed by atoms with E-state index in [2.05, 4.69) is 167 Å². The fraction of sp³-hybridized carbons (Fsp3) is 0.580. The molecule has 0 radical (unpaired) electrons. The zero-order valence-electron chi connectivity index (χ0n) is 61.3. The number of carbonyl (C=O) groups excluding carboxylic acids is 4. The monoisotopic (exact) mass is 1430 g/mol. The number of aliphatic hydroxyl groups is 1. The van der Waals surface area contributed by atoms with Gasteiger partial charge in [-0.15, -0.1) is 0 Å². The molecule has 0 fully saturated rings. The Kier molecular flexibility index (Phi) is 67.4. The molecule has 0 aromatic rings. The Morgan fingerprint density at radius 2 is 0.570 bits per heavy atom. The summed E-state index contributed by atoms with van der Waals surface area (Å²) in [5.74, 6) is -2.47. The molecule has 0 aliphatic carbocycles. The lowest BCUT2D eigenvalue weighted by molar-refractivity contribution is -0.161. The highest BCUT2D eigenvalue weighted by molar-refractivity contribution is 7.47. The summed E-state index contributed by atoms with van der Waals surface area (Å²) in [5, 5.41) is 10.6. The molecule has 0 rings (SSSR count). The van der Waals surface area contributed by atoms with Gasteiger partial charge in [0, 0.05) is 19.3 Å². The van der Waals surface area contributed by atoms with Crippen molar-refractivity contribution in [3.63, 3.8) is 0 Å². The second kappa shape index (κ2) is 71.6. The molecule has 17 nitrogen and oxygen atoms in total. The van der Waals surface area contributed by atoms with Gasteiger partial charge in [-0.3, -0.25) is 37.3 Å². The van der Waals surface area contributed by atoms with E-state index in [9.17, 15) is 43.2 Å². The standard InChI is InChI=1S/C81H128O17P2/c1-5-9-13-17-21-25-29-33-36-37-40-43-46-50-54-58-62-66-79(84)92-72-77(98-81(86)68-64-60-56-52-48-44-39-35-31-27-23-19-15-11-7-3)74-96-100(89,90)94-70-75(82)69-93-99(87,88)95-73-76(97-80(85)67-63-59-55-51-47-41-32-28-24-20-16-12-8-4)71-91-78(83)65-61-57-53-49-45-42-38-34-30-26-22-18-14-10-6-2/h9-11,13-15,21-23,25-28,32-36,38-40,43,45,48-50,52,54,57,61,75-77,82H,5-8,12,16-20,24,29-31,37,41-42,44,46-47,51,53,55-56,58-60,62-74H2,1-4H3,(H,87,88)(H,89,90)/b13-9-,14-10-,15-11-,25-21-,26-22-,27-23-,32-28-,36-33-,38-34-,39-35-,43-40-,49-45-,52-48-,54-50-,61-57-. The van der Waals surface area contributed by atoms with Gasteiger partial charge in [-0.1, -0.05) is 249 Å². The molecule has 0 amide bonds. The molecule has 0 spiro atoms. The number of rotatable bonds is 67. The van der Waals surface area contributed by atoms with E-state index in [1.807, 2.05) is 36.5 Å². The van der Waals surface area contributed by atoms with Crippen molar-refractivity contribution in [3.8, 4) is 0 Å². The van der Waals surface area contributed by atoms with Crippen molar-refractivity contribution in [3.05, 3.63) is 182 Å². The Bertz CT molecular complexity index is 2620.